The predicted octanol–water partition coefficient (Wildman–Crippen LogP) is 1.12. The van der Waals surface area contributed by atoms with Crippen LogP contribution in [0.5, 0.6) is 5.75 Å². The molecule has 17 heavy (non-hydrogen) atoms. The molecule has 0 aliphatic heterocycles. The predicted molar refractivity (Wildman–Crippen MR) is 62.2 cm³/mol. The molecule has 4 nitrogen and oxygen atoms in total. The van der Waals surface area contributed by atoms with Crippen LogP contribution in [-0.4, -0.2) is 23.8 Å². The fourth-order valence-electron chi connectivity index (χ4n) is 1.09. The smallest absolute Gasteiger partial charge is 0.302 e. The Morgan fingerprint density at radius 1 is 1.47 bits per heavy atom. The summed E-state index contributed by atoms with van der Waals surface area (Å²) in [5.41, 5.74) is 0.866. The molecule has 0 radical (unpaired) electrons. The van der Waals surface area contributed by atoms with Crippen molar-refractivity contribution in [2.24, 2.45) is 0 Å². The van der Waals surface area contributed by atoms with Gasteiger partial charge in [-0.2, -0.15) is 0 Å². The first-order valence-corrected chi connectivity index (χ1v) is 5.11. The molecule has 0 heterocycles. The van der Waals surface area contributed by atoms with Crippen LogP contribution in [0, 0.1) is 12.3 Å². The van der Waals surface area contributed by atoms with Crippen LogP contribution in [0.1, 0.15) is 12.5 Å². The number of hydrogen-bond acceptors (Lipinski definition) is 4. The van der Waals surface area contributed by atoms with Crippen molar-refractivity contribution in [2.45, 2.75) is 19.6 Å². The highest BCUT2D eigenvalue weighted by atomic mass is 16.5. The average Bonchev–Trinajstić information content (AvgIpc) is 2.34. The van der Waals surface area contributed by atoms with E-state index in [0.29, 0.717) is 5.75 Å². The number of carbonyl (C=O) groups excluding carboxylic acids is 1. The molecule has 0 aliphatic carbocycles. The van der Waals surface area contributed by atoms with Gasteiger partial charge in [-0.25, -0.2) is 0 Å². The van der Waals surface area contributed by atoms with Gasteiger partial charge in [-0.15, -0.1) is 6.42 Å². The van der Waals surface area contributed by atoms with Crippen LogP contribution >= 0.6 is 0 Å². The first-order chi connectivity index (χ1) is 8.11. The molecule has 0 fully saturated rings. The molecule has 1 atom stereocenters. The van der Waals surface area contributed by atoms with Crippen LogP contribution in [0.25, 0.3) is 0 Å². The molecule has 0 aromatic heterocycles. The second kappa shape index (κ2) is 6.56. The molecule has 1 N–H and O–H groups in total. The Morgan fingerprint density at radius 2 is 2.12 bits per heavy atom. The molecular weight excluding hydrogens is 220 g/mol. The minimum Gasteiger partial charge on any atom is -0.490 e. The first-order valence-electron chi connectivity index (χ1n) is 5.11. The summed E-state index contributed by atoms with van der Waals surface area (Å²) in [4.78, 5) is 10.6. The largest absolute Gasteiger partial charge is 0.490 e. The highest BCUT2D eigenvalue weighted by Gasteiger charge is 2.01. The molecule has 4 heteroatoms. The Hall–Kier alpha value is -1.99. The van der Waals surface area contributed by atoms with Gasteiger partial charge in [-0.05, 0) is 17.7 Å². The Balaban J connectivity index is 2.45. The molecule has 0 spiro atoms. The van der Waals surface area contributed by atoms with E-state index in [2.05, 4.69) is 5.92 Å². The lowest BCUT2D eigenvalue weighted by molar-refractivity contribution is -0.142. The van der Waals surface area contributed by atoms with Crippen molar-refractivity contribution in [1.82, 2.24) is 0 Å². The van der Waals surface area contributed by atoms with E-state index in [1.165, 1.54) is 6.92 Å². The van der Waals surface area contributed by atoms with Gasteiger partial charge in [0.1, 0.15) is 25.1 Å². The molecule has 1 aromatic carbocycles. The number of aliphatic hydroxyl groups excluding tert-OH is 1. The Morgan fingerprint density at radius 3 is 2.65 bits per heavy atom. The Labute approximate surface area is 100 Å². The standard InChI is InChI=1S/C13H14O4/c1-3-12(15)9-17-13-6-4-11(5-7-13)8-16-10(2)14/h1,4-7,12,15H,8-9H2,2H3/t12-/m1/s1. The van der Waals surface area contributed by atoms with Gasteiger partial charge < -0.3 is 14.6 Å². The van der Waals surface area contributed by atoms with Crippen molar-refractivity contribution >= 4 is 5.97 Å². The van der Waals surface area contributed by atoms with Crippen molar-refractivity contribution in [3.63, 3.8) is 0 Å². The number of carbonyl (C=O) groups is 1. The molecule has 0 saturated heterocycles. The van der Waals surface area contributed by atoms with Crippen molar-refractivity contribution in [3.05, 3.63) is 29.8 Å². The van der Waals surface area contributed by atoms with Gasteiger partial charge in [0.25, 0.3) is 0 Å². The second-order valence-electron chi connectivity index (χ2n) is 3.42. The molecule has 0 saturated carbocycles. The van der Waals surface area contributed by atoms with Crippen molar-refractivity contribution in [2.75, 3.05) is 6.61 Å². The fraction of sp³-hybridized carbons (Fsp3) is 0.308. The zero-order valence-electron chi connectivity index (χ0n) is 9.55. The molecule has 0 bridgehead atoms. The van der Waals surface area contributed by atoms with Gasteiger partial charge in [-0.3, -0.25) is 4.79 Å². The lowest BCUT2D eigenvalue weighted by Gasteiger charge is -2.08. The summed E-state index contributed by atoms with van der Waals surface area (Å²) in [6, 6.07) is 7.01. The third-order valence-electron chi connectivity index (χ3n) is 1.97. The summed E-state index contributed by atoms with van der Waals surface area (Å²) >= 11 is 0. The highest BCUT2D eigenvalue weighted by molar-refractivity contribution is 5.65. The fourth-order valence-corrected chi connectivity index (χ4v) is 1.09. The number of aliphatic hydroxyl groups is 1. The molecule has 0 amide bonds. The zero-order chi connectivity index (χ0) is 12.7. The van der Waals surface area contributed by atoms with E-state index in [-0.39, 0.29) is 19.2 Å². The quantitative estimate of drug-likeness (QED) is 0.612. The first kappa shape index (κ1) is 13.1. The number of ether oxygens (including phenoxy) is 2. The van der Waals surface area contributed by atoms with E-state index in [0.717, 1.165) is 5.56 Å². The number of rotatable bonds is 5. The Bertz CT molecular complexity index is 402. The molecule has 0 aliphatic rings. The maximum absolute atomic E-state index is 10.6. The third-order valence-corrected chi connectivity index (χ3v) is 1.97. The SMILES string of the molecule is C#C[C@@H](O)COc1ccc(COC(C)=O)cc1. The minimum atomic E-state index is -0.907. The van der Waals surface area contributed by atoms with Crippen molar-refractivity contribution in [1.29, 1.82) is 0 Å². The van der Waals surface area contributed by atoms with E-state index in [1.54, 1.807) is 24.3 Å². The van der Waals surface area contributed by atoms with E-state index >= 15 is 0 Å². The highest BCUT2D eigenvalue weighted by Crippen LogP contribution is 2.13. The second-order valence-corrected chi connectivity index (χ2v) is 3.42. The number of hydrogen-bond donors (Lipinski definition) is 1. The number of benzene rings is 1. The van der Waals surface area contributed by atoms with Gasteiger partial charge in [0.05, 0.1) is 0 Å². The van der Waals surface area contributed by atoms with Gasteiger partial charge in [0, 0.05) is 6.92 Å². The zero-order valence-corrected chi connectivity index (χ0v) is 9.55. The van der Waals surface area contributed by atoms with Crippen molar-refractivity contribution in [3.8, 4) is 18.1 Å². The maximum atomic E-state index is 10.6. The molecular formula is C13H14O4. The van der Waals surface area contributed by atoms with Crippen LogP contribution in [0.4, 0.5) is 0 Å². The van der Waals surface area contributed by atoms with Crippen LogP contribution < -0.4 is 4.74 Å². The number of esters is 1. The van der Waals surface area contributed by atoms with Gasteiger partial charge >= 0.3 is 5.97 Å². The van der Waals surface area contributed by atoms with E-state index in [1.807, 2.05) is 0 Å². The van der Waals surface area contributed by atoms with Gasteiger partial charge in [0.15, 0.2) is 0 Å². The lowest BCUT2D eigenvalue weighted by Crippen LogP contribution is -2.14. The van der Waals surface area contributed by atoms with Crippen molar-refractivity contribution < 1.29 is 19.4 Å². The monoisotopic (exact) mass is 234 g/mol. The van der Waals surface area contributed by atoms with E-state index in [9.17, 15) is 4.79 Å². The van der Waals surface area contributed by atoms with Crippen LogP contribution in [0.15, 0.2) is 24.3 Å². The van der Waals surface area contributed by atoms with E-state index < -0.39 is 6.10 Å². The summed E-state index contributed by atoms with van der Waals surface area (Å²) in [6.45, 7) is 1.65. The Kier molecular flexibility index (Phi) is 5.05. The third kappa shape index (κ3) is 5.05. The average molecular weight is 234 g/mol. The maximum Gasteiger partial charge on any atom is 0.302 e. The van der Waals surface area contributed by atoms with Gasteiger partial charge in [-0.1, -0.05) is 18.1 Å². The van der Waals surface area contributed by atoms with Crippen LogP contribution in [0.3, 0.4) is 0 Å². The number of terminal acetylenes is 1. The topological polar surface area (TPSA) is 55.8 Å². The van der Waals surface area contributed by atoms with Crippen LogP contribution in [-0.2, 0) is 16.1 Å². The van der Waals surface area contributed by atoms with E-state index in [4.69, 9.17) is 21.0 Å². The summed E-state index contributed by atoms with van der Waals surface area (Å²) in [5, 5.41) is 9.10. The molecule has 0 unspecified atom stereocenters. The normalized spacial score (nSPS) is 11.4. The summed E-state index contributed by atoms with van der Waals surface area (Å²) < 4.78 is 10.1. The molecule has 1 rings (SSSR count). The lowest BCUT2D eigenvalue weighted by atomic mass is 10.2. The van der Waals surface area contributed by atoms with Crippen LogP contribution in [0.2, 0.25) is 0 Å². The summed E-state index contributed by atoms with van der Waals surface area (Å²) in [5.74, 6) is 2.44. The summed E-state index contributed by atoms with van der Waals surface area (Å²) in [6.07, 6.45) is 4.09. The van der Waals surface area contributed by atoms with Gasteiger partial charge in [0.2, 0.25) is 0 Å². The molecule has 1 aromatic rings. The molecule has 90 valence electrons. The minimum absolute atomic E-state index is 0.0553. The summed E-state index contributed by atoms with van der Waals surface area (Å²) in [7, 11) is 0.